The zero-order valence-electron chi connectivity index (χ0n) is 13.4. The van der Waals surface area contributed by atoms with E-state index >= 15 is 0 Å². The summed E-state index contributed by atoms with van der Waals surface area (Å²) in [6.45, 7) is 1.92. The van der Waals surface area contributed by atoms with Gasteiger partial charge < -0.3 is 4.40 Å². The second-order valence-electron chi connectivity index (χ2n) is 5.84. The molecule has 124 valence electrons. The van der Waals surface area contributed by atoms with Crippen LogP contribution in [0.3, 0.4) is 0 Å². The molecule has 0 spiro atoms. The van der Waals surface area contributed by atoms with Crippen LogP contribution in [0.5, 0.6) is 0 Å². The summed E-state index contributed by atoms with van der Waals surface area (Å²) in [4.78, 5) is 16.7. The molecule has 2 aromatic heterocycles. The van der Waals surface area contributed by atoms with E-state index in [0.29, 0.717) is 11.2 Å². The van der Waals surface area contributed by atoms with Gasteiger partial charge in [-0.1, -0.05) is 18.2 Å². The topological polar surface area (TPSA) is 68.5 Å². The van der Waals surface area contributed by atoms with Crippen LogP contribution in [-0.4, -0.2) is 17.8 Å². The molecule has 0 amide bonds. The number of aryl methyl sites for hydroxylation is 1. The lowest BCUT2D eigenvalue weighted by Gasteiger charge is -2.09. The minimum Gasteiger partial charge on any atom is -0.301 e. The van der Waals surface area contributed by atoms with Gasteiger partial charge in [-0.05, 0) is 55.0 Å². The van der Waals surface area contributed by atoms with Crippen molar-refractivity contribution in [1.82, 2.24) is 9.38 Å². The molecule has 0 unspecified atom stereocenters. The lowest BCUT2D eigenvalue weighted by molar-refractivity contribution is 0.596. The SMILES string of the molecule is Cc1ccn2c(c1)nc(=O)c1cc(S(=O)(=O)c3ccccc3)ccc12. The molecule has 0 bridgehead atoms. The lowest BCUT2D eigenvalue weighted by atomic mass is 10.2. The number of aromatic nitrogens is 2. The predicted octanol–water partition coefficient (Wildman–Crippen LogP) is 2.99. The van der Waals surface area contributed by atoms with Crippen LogP contribution in [0.4, 0.5) is 0 Å². The molecule has 0 aliphatic rings. The Labute approximate surface area is 144 Å². The van der Waals surface area contributed by atoms with Crippen LogP contribution in [0.15, 0.2) is 81.4 Å². The third-order valence-electron chi connectivity index (χ3n) is 4.13. The second-order valence-corrected chi connectivity index (χ2v) is 7.79. The van der Waals surface area contributed by atoms with E-state index in [0.717, 1.165) is 5.56 Å². The van der Waals surface area contributed by atoms with Gasteiger partial charge in [-0.25, -0.2) is 8.42 Å². The molecule has 4 aromatic rings. The van der Waals surface area contributed by atoms with E-state index in [9.17, 15) is 13.2 Å². The van der Waals surface area contributed by atoms with Gasteiger partial charge in [-0.2, -0.15) is 4.98 Å². The molecule has 2 heterocycles. The summed E-state index contributed by atoms with van der Waals surface area (Å²) in [5.41, 5.74) is 1.72. The van der Waals surface area contributed by atoms with Crippen molar-refractivity contribution in [2.75, 3.05) is 0 Å². The molecule has 0 aliphatic heterocycles. The van der Waals surface area contributed by atoms with Gasteiger partial charge in [-0.3, -0.25) is 4.79 Å². The molecule has 0 saturated carbocycles. The second kappa shape index (κ2) is 5.53. The Bertz CT molecular complexity index is 1280. The maximum Gasteiger partial charge on any atom is 0.281 e. The maximum atomic E-state index is 12.8. The van der Waals surface area contributed by atoms with E-state index < -0.39 is 15.4 Å². The first kappa shape index (κ1) is 15.5. The molecule has 2 aromatic carbocycles. The number of hydrogen-bond acceptors (Lipinski definition) is 4. The zero-order chi connectivity index (χ0) is 17.6. The van der Waals surface area contributed by atoms with Crippen LogP contribution < -0.4 is 5.56 Å². The van der Waals surface area contributed by atoms with Crippen LogP contribution in [-0.2, 0) is 9.84 Å². The zero-order valence-corrected chi connectivity index (χ0v) is 14.2. The highest BCUT2D eigenvalue weighted by atomic mass is 32.2. The Hall–Kier alpha value is -2.99. The Morgan fingerprint density at radius 2 is 1.68 bits per heavy atom. The Morgan fingerprint density at radius 1 is 0.920 bits per heavy atom. The van der Waals surface area contributed by atoms with Crippen molar-refractivity contribution in [3.63, 3.8) is 0 Å². The Kier molecular flexibility index (Phi) is 3.43. The minimum absolute atomic E-state index is 0.0807. The van der Waals surface area contributed by atoms with Gasteiger partial charge in [0, 0.05) is 6.20 Å². The molecule has 0 fully saturated rings. The third kappa shape index (κ3) is 2.51. The van der Waals surface area contributed by atoms with E-state index in [-0.39, 0.29) is 15.2 Å². The summed E-state index contributed by atoms with van der Waals surface area (Å²) in [6, 6.07) is 16.5. The number of hydrogen-bond donors (Lipinski definition) is 0. The van der Waals surface area contributed by atoms with Gasteiger partial charge in [0.05, 0.1) is 20.7 Å². The van der Waals surface area contributed by atoms with Crippen molar-refractivity contribution in [3.05, 3.63) is 82.8 Å². The fraction of sp³-hybridized carbons (Fsp3) is 0.0526. The van der Waals surface area contributed by atoms with E-state index in [2.05, 4.69) is 4.98 Å². The first-order chi connectivity index (χ1) is 12.0. The van der Waals surface area contributed by atoms with Crippen molar-refractivity contribution in [1.29, 1.82) is 0 Å². The van der Waals surface area contributed by atoms with Crippen LogP contribution in [0, 0.1) is 6.92 Å². The molecule has 4 rings (SSSR count). The highest BCUT2D eigenvalue weighted by Gasteiger charge is 2.18. The molecule has 6 heteroatoms. The number of nitrogens with zero attached hydrogens (tertiary/aromatic N) is 2. The standard InChI is InChI=1S/C19H14N2O3S/c1-13-9-10-21-17-8-7-15(12-16(17)19(22)20-18(21)11-13)25(23,24)14-5-3-2-4-6-14/h2-12H,1H3. The third-order valence-corrected chi connectivity index (χ3v) is 5.90. The lowest BCUT2D eigenvalue weighted by Crippen LogP contribution is -2.12. The highest BCUT2D eigenvalue weighted by Crippen LogP contribution is 2.23. The quantitative estimate of drug-likeness (QED) is 0.521. The van der Waals surface area contributed by atoms with E-state index in [1.807, 2.05) is 25.3 Å². The smallest absolute Gasteiger partial charge is 0.281 e. The fourth-order valence-corrected chi connectivity index (χ4v) is 4.15. The average Bonchev–Trinajstić information content (AvgIpc) is 2.62. The van der Waals surface area contributed by atoms with Crippen molar-refractivity contribution in [3.8, 4) is 0 Å². The number of fused-ring (bicyclic) bond motifs is 3. The summed E-state index contributed by atoms with van der Waals surface area (Å²) >= 11 is 0. The van der Waals surface area contributed by atoms with Crippen molar-refractivity contribution < 1.29 is 8.42 Å². The molecule has 0 radical (unpaired) electrons. The van der Waals surface area contributed by atoms with Crippen molar-refractivity contribution in [2.45, 2.75) is 16.7 Å². The normalized spacial score (nSPS) is 11.9. The molecule has 0 aliphatic carbocycles. The van der Waals surface area contributed by atoms with Crippen molar-refractivity contribution >= 4 is 26.4 Å². The largest absolute Gasteiger partial charge is 0.301 e. The molecular weight excluding hydrogens is 336 g/mol. The van der Waals surface area contributed by atoms with Gasteiger partial charge in [0.2, 0.25) is 9.84 Å². The Balaban J connectivity index is 2.01. The molecule has 25 heavy (non-hydrogen) atoms. The number of pyridine rings is 1. The van der Waals surface area contributed by atoms with Gasteiger partial charge in [0.15, 0.2) is 0 Å². The van der Waals surface area contributed by atoms with E-state index in [4.69, 9.17) is 0 Å². The Morgan fingerprint density at radius 3 is 2.44 bits per heavy atom. The molecule has 5 nitrogen and oxygen atoms in total. The van der Waals surface area contributed by atoms with E-state index in [1.165, 1.54) is 24.3 Å². The number of benzene rings is 2. The number of rotatable bonds is 2. The first-order valence-corrected chi connectivity index (χ1v) is 9.18. The first-order valence-electron chi connectivity index (χ1n) is 7.70. The summed E-state index contributed by atoms with van der Waals surface area (Å²) in [5.74, 6) is 0. The van der Waals surface area contributed by atoms with Gasteiger partial charge >= 0.3 is 0 Å². The van der Waals surface area contributed by atoms with Gasteiger partial charge in [0.1, 0.15) is 5.65 Å². The van der Waals surface area contributed by atoms with Crippen LogP contribution in [0.1, 0.15) is 5.56 Å². The van der Waals surface area contributed by atoms with Crippen LogP contribution in [0.2, 0.25) is 0 Å². The molecular formula is C19H14N2O3S. The van der Waals surface area contributed by atoms with Crippen LogP contribution in [0.25, 0.3) is 16.6 Å². The summed E-state index contributed by atoms with van der Waals surface area (Å²) in [7, 11) is -3.68. The number of sulfone groups is 1. The summed E-state index contributed by atoms with van der Waals surface area (Å²) in [6.07, 6.45) is 1.82. The van der Waals surface area contributed by atoms with Gasteiger partial charge in [0.25, 0.3) is 5.56 Å². The van der Waals surface area contributed by atoms with Crippen molar-refractivity contribution in [2.24, 2.45) is 0 Å². The molecule has 0 atom stereocenters. The molecule has 0 N–H and O–H groups in total. The monoisotopic (exact) mass is 350 g/mol. The highest BCUT2D eigenvalue weighted by molar-refractivity contribution is 7.91. The fourth-order valence-electron chi connectivity index (χ4n) is 2.84. The van der Waals surface area contributed by atoms with E-state index in [1.54, 1.807) is 28.7 Å². The van der Waals surface area contributed by atoms with Crippen LogP contribution >= 0.6 is 0 Å². The predicted molar refractivity (Wildman–Crippen MR) is 95.6 cm³/mol. The maximum absolute atomic E-state index is 12.8. The summed E-state index contributed by atoms with van der Waals surface area (Å²) < 4.78 is 27.3. The minimum atomic E-state index is -3.68. The molecule has 0 saturated heterocycles. The average molecular weight is 350 g/mol. The summed E-state index contributed by atoms with van der Waals surface area (Å²) in [5, 5.41) is 0.276. The van der Waals surface area contributed by atoms with Gasteiger partial charge in [-0.15, -0.1) is 0 Å².